The molecule has 0 heterocycles. The summed E-state index contributed by atoms with van der Waals surface area (Å²) in [5.74, 6) is -0.310. The fourth-order valence-corrected chi connectivity index (χ4v) is 5.32. The van der Waals surface area contributed by atoms with E-state index in [4.69, 9.17) is 5.73 Å². The fraction of sp³-hybridized carbons (Fsp3) is 0.632. The van der Waals surface area contributed by atoms with E-state index in [1.54, 1.807) is 0 Å². The Morgan fingerprint density at radius 1 is 1.19 bits per heavy atom. The number of nitrogens with one attached hydrogen (secondary N) is 2. The lowest BCUT2D eigenvalue weighted by Crippen LogP contribution is -2.43. The first kappa shape index (κ1) is 22.0. The minimum atomic E-state index is -3.61. The summed E-state index contributed by atoms with van der Waals surface area (Å²) in [6.07, 6.45) is 6.46. The molecule has 0 aromatic heterocycles. The second kappa shape index (κ2) is 9.26. The highest BCUT2D eigenvalue weighted by molar-refractivity contribution is 7.90. The number of nitrogen functional groups attached to an aromatic ring is 1. The number of nitrogens with two attached hydrogens (primary N) is 1. The standard InChI is InChI=1S/C19H29N3O3S.ClH/c1-13-5-8-16(9-6-13)22-26(24,25)12-19(23)21-18-4-2-3-14-11-15(20)7-10-17(14)18;/h7,10-11,13,16,18,22H,2-6,8-9,12,20H2,1H3,(H,21,23);1H. The average molecular weight is 416 g/mol. The first-order chi connectivity index (χ1) is 12.3. The van der Waals surface area contributed by atoms with Crippen LogP contribution < -0.4 is 15.8 Å². The highest BCUT2D eigenvalue weighted by Crippen LogP contribution is 2.31. The molecule has 1 unspecified atom stereocenters. The van der Waals surface area contributed by atoms with Gasteiger partial charge in [-0.1, -0.05) is 13.0 Å². The van der Waals surface area contributed by atoms with E-state index >= 15 is 0 Å². The number of sulfonamides is 1. The van der Waals surface area contributed by atoms with Crippen LogP contribution in [0.3, 0.4) is 0 Å². The summed E-state index contributed by atoms with van der Waals surface area (Å²) in [4.78, 5) is 12.3. The number of rotatable bonds is 5. The van der Waals surface area contributed by atoms with Crippen LogP contribution in [0.15, 0.2) is 18.2 Å². The molecule has 2 aliphatic carbocycles. The number of amides is 1. The van der Waals surface area contributed by atoms with Crippen LogP contribution >= 0.6 is 12.4 Å². The van der Waals surface area contributed by atoms with E-state index in [2.05, 4.69) is 17.0 Å². The lowest BCUT2D eigenvalue weighted by molar-refractivity contribution is -0.119. The molecule has 1 saturated carbocycles. The quantitative estimate of drug-likeness (QED) is 0.643. The van der Waals surface area contributed by atoms with Gasteiger partial charge in [-0.3, -0.25) is 4.79 Å². The number of carbonyl (C=O) groups excluding carboxylic acids is 1. The Bertz CT molecular complexity index is 761. The number of anilines is 1. The molecule has 1 amide bonds. The normalized spacial score (nSPS) is 25.1. The van der Waals surface area contributed by atoms with E-state index in [0.29, 0.717) is 11.6 Å². The van der Waals surface area contributed by atoms with Crippen molar-refractivity contribution in [1.82, 2.24) is 10.0 Å². The van der Waals surface area contributed by atoms with Gasteiger partial charge in [0.2, 0.25) is 15.9 Å². The Hall–Kier alpha value is -1.31. The summed E-state index contributed by atoms with van der Waals surface area (Å²) in [6, 6.07) is 5.52. The Balaban J connectivity index is 0.00000261. The van der Waals surface area contributed by atoms with Crippen LogP contribution in [0.25, 0.3) is 0 Å². The van der Waals surface area contributed by atoms with Crippen molar-refractivity contribution in [1.29, 1.82) is 0 Å². The third-order valence-electron chi connectivity index (χ3n) is 5.50. The van der Waals surface area contributed by atoms with Crippen LogP contribution in [0.1, 0.15) is 62.6 Å². The molecule has 8 heteroatoms. The van der Waals surface area contributed by atoms with Gasteiger partial charge >= 0.3 is 0 Å². The number of aryl methyl sites for hydroxylation is 1. The second-order valence-corrected chi connectivity index (χ2v) is 9.56. The predicted octanol–water partition coefficient (Wildman–Crippen LogP) is 2.68. The summed E-state index contributed by atoms with van der Waals surface area (Å²) < 4.78 is 27.4. The molecule has 1 atom stereocenters. The van der Waals surface area contributed by atoms with Crippen molar-refractivity contribution in [2.75, 3.05) is 11.5 Å². The van der Waals surface area contributed by atoms with Crippen molar-refractivity contribution in [3.8, 4) is 0 Å². The third kappa shape index (κ3) is 6.09. The van der Waals surface area contributed by atoms with Crippen LogP contribution in [0.4, 0.5) is 5.69 Å². The van der Waals surface area contributed by atoms with Gasteiger partial charge in [0.1, 0.15) is 5.75 Å². The van der Waals surface area contributed by atoms with Gasteiger partial charge in [-0.25, -0.2) is 13.1 Å². The van der Waals surface area contributed by atoms with Gasteiger partial charge in [-0.15, -0.1) is 12.4 Å². The monoisotopic (exact) mass is 415 g/mol. The third-order valence-corrected chi connectivity index (χ3v) is 6.83. The zero-order valence-electron chi connectivity index (χ0n) is 15.7. The number of hydrogen-bond donors (Lipinski definition) is 3. The van der Waals surface area contributed by atoms with Gasteiger partial charge in [0.15, 0.2) is 0 Å². The molecule has 0 saturated heterocycles. The molecule has 1 fully saturated rings. The molecule has 2 aliphatic rings. The van der Waals surface area contributed by atoms with E-state index < -0.39 is 21.7 Å². The zero-order valence-corrected chi connectivity index (χ0v) is 17.4. The fourth-order valence-electron chi connectivity index (χ4n) is 4.07. The maximum absolute atomic E-state index is 12.3. The number of halogens is 1. The van der Waals surface area contributed by atoms with Crippen molar-refractivity contribution in [3.05, 3.63) is 29.3 Å². The number of benzene rings is 1. The lowest BCUT2D eigenvalue weighted by Gasteiger charge is -2.28. The Labute approximate surface area is 168 Å². The van der Waals surface area contributed by atoms with Gasteiger partial charge in [0, 0.05) is 11.7 Å². The van der Waals surface area contributed by atoms with Crippen molar-refractivity contribution in [3.63, 3.8) is 0 Å². The molecule has 27 heavy (non-hydrogen) atoms. The largest absolute Gasteiger partial charge is 0.399 e. The van der Waals surface area contributed by atoms with Gasteiger partial charge in [-0.2, -0.15) is 0 Å². The molecule has 0 spiro atoms. The Kier molecular flexibility index (Phi) is 7.54. The van der Waals surface area contributed by atoms with Gasteiger partial charge in [0.25, 0.3) is 0 Å². The highest BCUT2D eigenvalue weighted by atomic mass is 35.5. The molecule has 4 N–H and O–H groups in total. The Morgan fingerprint density at radius 2 is 1.89 bits per heavy atom. The topological polar surface area (TPSA) is 101 Å². The number of fused-ring (bicyclic) bond motifs is 1. The molecule has 3 rings (SSSR count). The summed E-state index contributed by atoms with van der Waals surface area (Å²) in [5, 5.41) is 2.90. The molecular weight excluding hydrogens is 386 g/mol. The Morgan fingerprint density at radius 3 is 2.59 bits per heavy atom. The van der Waals surface area contributed by atoms with Crippen molar-refractivity contribution in [2.45, 2.75) is 64.0 Å². The summed E-state index contributed by atoms with van der Waals surface area (Å²) in [5.41, 5.74) is 8.73. The average Bonchev–Trinajstić information content (AvgIpc) is 2.56. The lowest BCUT2D eigenvalue weighted by atomic mass is 9.87. The minimum absolute atomic E-state index is 0. The highest BCUT2D eigenvalue weighted by Gasteiger charge is 2.27. The molecule has 1 aromatic rings. The van der Waals surface area contributed by atoms with Crippen LogP contribution in [-0.2, 0) is 21.2 Å². The molecule has 152 valence electrons. The summed E-state index contributed by atoms with van der Waals surface area (Å²) >= 11 is 0. The molecule has 1 aromatic carbocycles. The van der Waals surface area contributed by atoms with Crippen LogP contribution in [-0.4, -0.2) is 26.1 Å². The maximum atomic E-state index is 12.3. The van der Waals surface area contributed by atoms with E-state index in [1.807, 2.05) is 18.2 Å². The van der Waals surface area contributed by atoms with E-state index in [0.717, 1.165) is 56.1 Å². The number of carbonyl (C=O) groups is 1. The first-order valence-electron chi connectivity index (χ1n) is 9.50. The molecule has 0 radical (unpaired) electrons. The van der Waals surface area contributed by atoms with Crippen LogP contribution in [0, 0.1) is 5.92 Å². The zero-order chi connectivity index (χ0) is 18.7. The van der Waals surface area contributed by atoms with E-state index in [1.165, 1.54) is 0 Å². The SMILES string of the molecule is CC1CCC(NS(=O)(=O)CC(=O)NC2CCCc3cc(N)ccc32)CC1.Cl. The predicted molar refractivity (Wildman–Crippen MR) is 110 cm³/mol. The molecule has 0 aliphatic heterocycles. The molecule has 0 bridgehead atoms. The van der Waals surface area contributed by atoms with Gasteiger partial charge in [-0.05, 0) is 74.1 Å². The molecule has 6 nitrogen and oxygen atoms in total. The second-order valence-electron chi connectivity index (χ2n) is 7.80. The smallest absolute Gasteiger partial charge is 0.237 e. The van der Waals surface area contributed by atoms with Crippen molar-refractivity contribution in [2.24, 2.45) is 5.92 Å². The maximum Gasteiger partial charge on any atom is 0.237 e. The first-order valence-corrected chi connectivity index (χ1v) is 11.2. The van der Waals surface area contributed by atoms with Crippen molar-refractivity contribution < 1.29 is 13.2 Å². The summed E-state index contributed by atoms with van der Waals surface area (Å²) in [6.45, 7) is 2.19. The van der Waals surface area contributed by atoms with E-state index in [9.17, 15) is 13.2 Å². The number of hydrogen-bond acceptors (Lipinski definition) is 4. The van der Waals surface area contributed by atoms with Crippen LogP contribution in [0.5, 0.6) is 0 Å². The van der Waals surface area contributed by atoms with E-state index in [-0.39, 0.29) is 24.5 Å². The molecular formula is C19H30ClN3O3S. The van der Waals surface area contributed by atoms with Gasteiger partial charge < -0.3 is 11.1 Å². The summed E-state index contributed by atoms with van der Waals surface area (Å²) in [7, 11) is -3.61. The van der Waals surface area contributed by atoms with Crippen LogP contribution in [0.2, 0.25) is 0 Å². The van der Waals surface area contributed by atoms with Crippen molar-refractivity contribution >= 4 is 34.0 Å². The van der Waals surface area contributed by atoms with Gasteiger partial charge in [0.05, 0.1) is 6.04 Å². The minimum Gasteiger partial charge on any atom is -0.399 e.